The van der Waals surface area contributed by atoms with Gasteiger partial charge in [0, 0.05) is 11.4 Å². The van der Waals surface area contributed by atoms with E-state index >= 15 is 0 Å². The minimum absolute atomic E-state index is 0.193. The summed E-state index contributed by atoms with van der Waals surface area (Å²) in [6.07, 6.45) is 0.589. The third-order valence-electron chi connectivity index (χ3n) is 2.69. The third-order valence-corrected chi connectivity index (χ3v) is 4.17. The van der Waals surface area contributed by atoms with Gasteiger partial charge in [0.15, 0.2) is 0 Å². The SMILES string of the molecule is Nc1ccc(S(=O)CCCOc2ccccc2)c(F)c1. The number of benzene rings is 2. The first-order valence-electron chi connectivity index (χ1n) is 6.28. The molecule has 0 heterocycles. The molecule has 0 aliphatic carbocycles. The van der Waals surface area contributed by atoms with Crippen molar-refractivity contribution in [3.63, 3.8) is 0 Å². The van der Waals surface area contributed by atoms with Crippen LogP contribution in [0.4, 0.5) is 10.1 Å². The van der Waals surface area contributed by atoms with E-state index in [0.29, 0.717) is 24.5 Å². The minimum Gasteiger partial charge on any atom is -0.494 e. The molecular formula is C15H16FNO2S. The number of halogens is 1. The molecule has 0 aliphatic heterocycles. The maximum Gasteiger partial charge on any atom is 0.141 e. The molecule has 0 aromatic heterocycles. The van der Waals surface area contributed by atoms with E-state index in [0.717, 1.165) is 5.75 Å². The van der Waals surface area contributed by atoms with Gasteiger partial charge in [0.05, 0.1) is 22.3 Å². The second-order valence-electron chi connectivity index (χ2n) is 4.25. The molecule has 20 heavy (non-hydrogen) atoms. The second-order valence-corrected chi connectivity index (χ2v) is 5.79. The van der Waals surface area contributed by atoms with Gasteiger partial charge in [-0.25, -0.2) is 4.39 Å². The van der Waals surface area contributed by atoms with Crippen LogP contribution < -0.4 is 10.5 Å². The summed E-state index contributed by atoms with van der Waals surface area (Å²) in [6.45, 7) is 0.451. The first-order valence-corrected chi connectivity index (χ1v) is 7.60. The molecule has 5 heteroatoms. The van der Waals surface area contributed by atoms with Gasteiger partial charge >= 0.3 is 0 Å². The molecule has 0 amide bonds. The van der Waals surface area contributed by atoms with Gasteiger partial charge in [-0.2, -0.15) is 0 Å². The van der Waals surface area contributed by atoms with Crippen molar-refractivity contribution in [2.24, 2.45) is 0 Å². The molecule has 2 rings (SSSR count). The van der Waals surface area contributed by atoms with Gasteiger partial charge in [0.2, 0.25) is 0 Å². The summed E-state index contributed by atoms with van der Waals surface area (Å²) in [5.74, 6) is 0.609. The quantitative estimate of drug-likeness (QED) is 0.658. The molecular weight excluding hydrogens is 277 g/mol. The van der Waals surface area contributed by atoms with E-state index in [2.05, 4.69) is 0 Å². The molecule has 0 fully saturated rings. The van der Waals surface area contributed by atoms with Crippen LogP contribution in [0, 0.1) is 5.82 Å². The maximum atomic E-state index is 13.6. The van der Waals surface area contributed by atoms with Gasteiger partial charge in [-0.3, -0.25) is 4.21 Å². The van der Waals surface area contributed by atoms with E-state index in [1.54, 1.807) is 6.07 Å². The Labute approximate surface area is 120 Å². The van der Waals surface area contributed by atoms with Crippen molar-refractivity contribution >= 4 is 16.5 Å². The largest absolute Gasteiger partial charge is 0.494 e. The summed E-state index contributed by atoms with van der Waals surface area (Å²) < 4.78 is 31.0. The van der Waals surface area contributed by atoms with Crippen LogP contribution in [0.1, 0.15) is 6.42 Å². The average molecular weight is 293 g/mol. The van der Waals surface area contributed by atoms with E-state index in [9.17, 15) is 8.60 Å². The zero-order chi connectivity index (χ0) is 14.4. The van der Waals surface area contributed by atoms with Gasteiger partial charge < -0.3 is 10.5 Å². The van der Waals surface area contributed by atoms with Crippen molar-refractivity contribution in [1.82, 2.24) is 0 Å². The summed E-state index contributed by atoms with van der Waals surface area (Å²) >= 11 is 0. The van der Waals surface area contributed by atoms with E-state index in [1.165, 1.54) is 12.1 Å². The molecule has 2 aromatic rings. The molecule has 0 saturated heterocycles. The Balaban J connectivity index is 1.80. The predicted octanol–water partition coefficient (Wildman–Crippen LogP) is 2.98. The summed E-state index contributed by atoms with van der Waals surface area (Å²) in [7, 11) is -1.37. The highest BCUT2D eigenvalue weighted by Crippen LogP contribution is 2.16. The Kier molecular flexibility index (Phi) is 5.12. The minimum atomic E-state index is -1.37. The Morgan fingerprint density at radius 3 is 2.60 bits per heavy atom. The molecule has 1 unspecified atom stereocenters. The first-order chi connectivity index (χ1) is 9.66. The molecule has 0 aliphatic rings. The van der Waals surface area contributed by atoms with Crippen molar-refractivity contribution in [2.75, 3.05) is 18.1 Å². The average Bonchev–Trinajstić information content (AvgIpc) is 2.44. The molecule has 1 atom stereocenters. The van der Waals surface area contributed by atoms with Crippen molar-refractivity contribution in [3.05, 3.63) is 54.3 Å². The number of nitrogens with two attached hydrogens (primary N) is 1. The number of para-hydroxylation sites is 1. The molecule has 0 radical (unpaired) electrons. The topological polar surface area (TPSA) is 52.3 Å². The smallest absolute Gasteiger partial charge is 0.141 e. The maximum absolute atomic E-state index is 13.6. The zero-order valence-corrected chi connectivity index (χ0v) is 11.7. The fourth-order valence-electron chi connectivity index (χ4n) is 1.71. The summed E-state index contributed by atoms with van der Waals surface area (Å²) in [5.41, 5.74) is 5.78. The molecule has 106 valence electrons. The Morgan fingerprint density at radius 1 is 1.15 bits per heavy atom. The van der Waals surface area contributed by atoms with E-state index in [-0.39, 0.29) is 4.90 Å². The Morgan fingerprint density at radius 2 is 1.90 bits per heavy atom. The van der Waals surface area contributed by atoms with Gasteiger partial charge in [-0.05, 0) is 36.8 Å². The lowest BCUT2D eigenvalue weighted by Gasteiger charge is -2.07. The molecule has 0 spiro atoms. The van der Waals surface area contributed by atoms with Crippen LogP contribution in [0.15, 0.2) is 53.4 Å². The van der Waals surface area contributed by atoms with E-state index in [1.807, 2.05) is 30.3 Å². The first kappa shape index (κ1) is 14.5. The highest BCUT2D eigenvalue weighted by molar-refractivity contribution is 7.85. The van der Waals surface area contributed by atoms with Crippen molar-refractivity contribution < 1.29 is 13.3 Å². The van der Waals surface area contributed by atoms with Crippen molar-refractivity contribution in [1.29, 1.82) is 0 Å². The van der Waals surface area contributed by atoms with Gasteiger partial charge in [0.1, 0.15) is 11.6 Å². The lowest BCUT2D eigenvalue weighted by atomic mass is 10.3. The van der Waals surface area contributed by atoms with Crippen LogP contribution in [0.5, 0.6) is 5.75 Å². The van der Waals surface area contributed by atoms with Crippen LogP contribution in [-0.4, -0.2) is 16.6 Å². The number of nitrogen functional groups attached to an aromatic ring is 1. The fraction of sp³-hybridized carbons (Fsp3) is 0.200. The van der Waals surface area contributed by atoms with Crippen LogP contribution >= 0.6 is 0 Å². The zero-order valence-electron chi connectivity index (χ0n) is 10.9. The van der Waals surface area contributed by atoms with E-state index < -0.39 is 16.6 Å². The number of anilines is 1. The highest BCUT2D eigenvalue weighted by Gasteiger charge is 2.10. The highest BCUT2D eigenvalue weighted by atomic mass is 32.2. The number of hydrogen-bond acceptors (Lipinski definition) is 3. The normalized spacial score (nSPS) is 12.1. The monoisotopic (exact) mass is 293 g/mol. The molecule has 0 saturated carbocycles. The number of hydrogen-bond donors (Lipinski definition) is 1. The van der Waals surface area contributed by atoms with Gasteiger partial charge in [-0.1, -0.05) is 18.2 Å². The van der Waals surface area contributed by atoms with Gasteiger partial charge in [-0.15, -0.1) is 0 Å². The molecule has 0 bridgehead atoms. The molecule has 3 nitrogen and oxygen atoms in total. The number of ether oxygens (including phenoxy) is 1. The lowest BCUT2D eigenvalue weighted by Crippen LogP contribution is -2.06. The number of rotatable bonds is 6. The predicted molar refractivity (Wildman–Crippen MR) is 78.6 cm³/mol. The van der Waals surface area contributed by atoms with Crippen LogP contribution in [0.2, 0.25) is 0 Å². The lowest BCUT2D eigenvalue weighted by molar-refractivity contribution is 0.318. The van der Waals surface area contributed by atoms with Crippen molar-refractivity contribution in [3.8, 4) is 5.75 Å². The van der Waals surface area contributed by atoms with Crippen LogP contribution in [0.3, 0.4) is 0 Å². The Hall–Kier alpha value is -1.88. The van der Waals surface area contributed by atoms with Crippen LogP contribution in [-0.2, 0) is 10.8 Å². The van der Waals surface area contributed by atoms with Crippen molar-refractivity contribution in [2.45, 2.75) is 11.3 Å². The Bertz CT molecular complexity index is 590. The summed E-state index contributed by atoms with van der Waals surface area (Å²) in [6, 6.07) is 13.6. The molecule has 2 N–H and O–H groups in total. The standard InChI is InChI=1S/C15H16FNO2S/c16-14-11-12(17)7-8-15(14)20(18)10-4-9-19-13-5-2-1-3-6-13/h1-3,5-8,11H,4,9-10,17H2. The fourth-order valence-corrected chi connectivity index (χ4v) is 2.80. The third kappa shape index (κ3) is 4.06. The second kappa shape index (κ2) is 7.05. The summed E-state index contributed by atoms with van der Waals surface area (Å²) in [5, 5.41) is 0. The molecule has 2 aromatic carbocycles. The summed E-state index contributed by atoms with van der Waals surface area (Å²) in [4.78, 5) is 0.193. The van der Waals surface area contributed by atoms with Gasteiger partial charge in [0.25, 0.3) is 0 Å². The van der Waals surface area contributed by atoms with Crippen LogP contribution in [0.25, 0.3) is 0 Å². The van der Waals surface area contributed by atoms with E-state index in [4.69, 9.17) is 10.5 Å².